The number of pyridine rings is 1. The molecule has 0 saturated heterocycles. The lowest BCUT2D eigenvalue weighted by molar-refractivity contribution is 0.0587. The summed E-state index contributed by atoms with van der Waals surface area (Å²) in [4.78, 5) is 53.5. The number of carbonyl (C=O) groups is 2. The number of nitrogens with one attached hydrogen (secondary N) is 2. The van der Waals surface area contributed by atoms with Crippen LogP contribution >= 0.6 is 0 Å². The van der Waals surface area contributed by atoms with Gasteiger partial charge in [-0.25, -0.2) is 19.7 Å². The molecule has 13 nitrogen and oxygen atoms in total. The molecular weight excluding hydrogens is 502 g/mol. The van der Waals surface area contributed by atoms with E-state index in [1.54, 1.807) is 64.4 Å². The highest BCUT2D eigenvalue weighted by atomic mass is 16.6. The van der Waals surface area contributed by atoms with Gasteiger partial charge in [0.25, 0.3) is 11.5 Å². The van der Waals surface area contributed by atoms with Crippen molar-refractivity contribution in [2.45, 2.75) is 52.2 Å². The van der Waals surface area contributed by atoms with Crippen LogP contribution in [0.25, 0.3) is 11.5 Å². The third kappa shape index (κ3) is 5.56. The Morgan fingerprint density at radius 2 is 1.95 bits per heavy atom. The zero-order valence-corrected chi connectivity index (χ0v) is 22.3. The van der Waals surface area contributed by atoms with Gasteiger partial charge in [-0.2, -0.15) is 9.61 Å². The Hall–Kier alpha value is -4.81. The highest BCUT2D eigenvalue weighted by Crippen LogP contribution is 2.26. The van der Waals surface area contributed by atoms with Crippen LogP contribution < -0.4 is 21.1 Å². The number of carbonyl (C=O) groups excluding carboxylic acids is 2. The molecule has 1 aliphatic carbocycles. The van der Waals surface area contributed by atoms with Gasteiger partial charge in [0, 0.05) is 31.5 Å². The lowest BCUT2D eigenvalue weighted by atomic mass is 10.2. The average molecular weight is 532 g/mol. The largest absolute Gasteiger partial charge is 0.443 e. The Morgan fingerprint density at radius 3 is 2.64 bits per heavy atom. The average Bonchev–Trinajstić information content (AvgIpc) is 3.58. The van der Waals surface area contributed by atoms with E-state index >= 15 is 0 Å². The zero-order valence-electron chi connectivity index (χ0n) is 22.3. The maximum absolute atomic E-state index is 13.3. The van der Waals surface area contributed by atoms with E-state index in [9.17, 15) is 14.4 Å². The summed E-state index contributed by atoms with van der Waals surface area (Å²) in [6.45, 7) is 7.03. The van der Waals surface area contributed by atoms with E-state index in [0.29, 0.717) is 11.6 Å². The maximum atomic E-state index is 13.3. The zero-order chi connectivity index (χ0) is 27.9. The third-order valence-electron chi connectivity index (χ3n) is 5.84. The molecule has 2 N–H and O–H groups in total. The molecule has 0 radical (unpaired) electrons. The van der Waals surface area contributed by atoms with Crippen LogP contribution in [-0.4, -0.2) is 59.8 Å². The maximum Gasteiger partial charge on any atom is 0.415 e. The van der Waals surface area contributed by atoms with Crippen molar-refractivity contribution in [1.29, 1.82) is 0 Å². The quantitative estimate of drug-likeness (QED) is 0.383. The Kier molecular flexibility index (Phi) is 6.50. The summed E-state index contributed by atoms with van der Waals surface area (Å²) in [7, 11) is 1.53. The lowest BCUT2D eigenvalue weighted by Crippen LogP contribution is -2.35. The second-order valence-corrected chi connectivity index (χ2v) is 10.3. The molecule has 5 rings (SSSR count). The Bertz CT molecular complexity index is 1630. The van der Waals surface area contributed by atoms with Crippen molar-refractivity contribution >= 4 is 35.0 Å². The van der Waals surface area contributed by atoms with Crippen LogP contribution in [0.3, 0.4) is 0 Å². The molecule has 1 fully saturated rings. The molecule has 4 heterocycles. The second-order valence-electron chi connectivity index (χ2n) is 10.3. The fraction of sp³-hybridized carbons (Fsp3) is 0.346. The normalized spacial score (nSPS) is 13.3. The molecule has 1 aliphatic rings. The smallest absolute Gasteiger partial charge is 0.415 e. The summed E-state index contributed by atoms with van der Waals surface area (Å²) >= 11 is 0. The topological polar surface area (TPSA) is 149 Å². The van der Waals surface area contributed by atoms with Gasteiger partial charge in [-0.3, -0.25) is 19.1 Å². The first-order valence-electron chi connectivity index (χ1n) is 12.5. The van der Waals surface area contributed by atoms with Gasteiger partial charge in [-0.15, -0.1) is 0 Å². The first kappa shape index (κ1) is 25.8. The monoisotopic (exact) mass is 531 g/mol. The third-order valence-corrected chi connectivity index (χ3v) is 5.84. The molecule has 0 unspecified atom stereocenters. The molecular formula is C26H29N9O4. The SMILES string of the molecule is Cc1nccc(-n2cccc(Nc3cc(N(C)C(=O)OC(C)(C)C)n4ncc(C(=O)NC5CC5)c4n3)c2=O)n1. The van der Waals surface area contributed by atoms with E-state index in [1.807, 2.05) is 0 Å². The molecule has 13 heteroatoms. The fourth-order valence-corrected chi connectivity index (χ4v) is 3.81. The Balaban J connectivity index is 1.58. The fourth-order valence-electron chi connectivity index (χ4n) is 3.81. The molecule has 2 amide bonds. The molecule has 0 aliphatic heterocycles. The van der Waals surface area contributed by atoms with Crippen LogP contribution in [0.5, 0.6) is 0 Å². The van der Waals surface area contributed by atoms with Crippen molar-refractivity contribution in [2.24, 2.45) is 0 Å². The highest BCUT2D eigenvalue weighted by Gasteiger charge is 2.28. The predicted octanol–water partition coefficient (Wildman–Crippen LogP) is 2.99. The first-order chi connectivity index (χ1) is 18.5. The van der Waals surface area contributed by atoms with Crippen molar-refractivity contribution in [2.75, 3.05) is 17.3 Å². The molecule has 0 aromatic carbocycles. The van der Waals surface area contributed by atoms with Crippen LogP contribution in [0.1, 0.15) is 49.8 Å². The van der Waals surface area contributed by atoms with Crippen LogP contribution in [0.15, 0.2) is 47.7 Å². The molecule has 1 saturated carbocycles. The van der Waals surface area contributed by atoms with Crippen molar-refractivity contribution < 1.29 is 14.3 Å². The number of hydrogen-bond acceptors (Lipinski definition) is 9. The van der Waals surface area contributed by atoms with Gasteiger partial charge >= 0.3 is 6.09 Å². The number of anilines is 3. The number of rotatable bonds is 6. The van der Waals surface area contributed by atoms with Crippen molar-refractivity contribution in [3.63, 3.8) is 0 Å². The minimum Gasteiger partial charge on any atom is -0.443 e. The van der Waals surface area contributed by atoms with E-state index in [1.165, 1.54) is 27.2 Å². The van der Waals surface area contributed by atoms with E-state index in [-0.39, 0.29) is 46.0 Å². The second kappa shape index (κ2) is 9.82. The molecule has 4 aromatic heterocycles. The van der Waals surface area contributed by atoms with Gasteiger partial charge in [-0.05, 0) is 58.7 Å². The van der Waals surface area contributed by atoms with Gasteiger partial charge < -0.3 is 15.4 Å². The van der Waals surface area contributed by atoms with E-state index in [0.717, 1.165) is 12.8 Å². The molecule has 202 valence electrons. The van der Waals surface area contributed by atoms with Gasteiger partial charge in [-0.1, -0.05) is 0 Å². The van der Waals surface area contributed by atoms with Gasteiger partial charge in [0.2, 0.25) is 0 Å². The molecule has 4 aromatic rings. The highest BCUT2D eigenvalue weighted by molar-refractivity contribution is 6.00. The number of aryl methyl sites for hydroxylation is 1. The summed E-state index contributed by atoms with van der Waals surface area (Å²) in [5.74, 6) is 1.13. The minimum atomic E-state index is -0.730. The van der Waals surface area contributed by atoms with Crippen LogP contribution in [0.4, 0.5) is 22.1 Å². The van der Waals surface area contributed by atoms with Crippen molar-refractivity contribution in [3.05, 3.63) is 64.6 Å². The summed E-state index contributed by atoms with van der Waals surface area (Å²) < 4.78 is 8.31. The molecule has 0 spiro atoms. The Morgan fingerprint density at radius 1 is 1.18 bits per heavy atom. The summed E-state index contributed by atoms with van der Waals surface area (Å²) in [5, 5.41) is 10.3. The minimum absolute atomic E-state index is 0.130. The standard InChI is InChI=1S/C26H29N9O4/c1-15-27-11-10-20(29-15)34-12-6-7-18(24(34)37)31-19-13-21(33(5)25(38)39-26(2,3)4)35-22(32-19)17(14-28-35)23(36)30-16-8-9-16/h6-7,10-14,16H,8-9H2,1-5H3,(H,30,36)(H,31,32). The lowest BCUT2D eigenvalue weighted by Gasteiger charge is -2.25. The van der Waals surface area contributed by atoms with Crippen molar-refractivity contribution in [3.8, 4) is 5.82 Å². The van der Waals surface area contributed by atoms with Crippen LogP contribution in [-0.2, 0) is 4.74 Å². The summed E-state index contributed by atoms with van der Waals surface area (Å²) in [6.07, 6.45) is 5.80. The van der Waals surface area contributed by atoms with Crippen LogP contribution in [0.2, 0.25) is 0 Å². The van der Waals surface area contributed by atoms with Gasteiger partial charge in [0.15, 0.2) is 5.65 Å². The number of nitrogens with zero attached hydrogens (tertiary/aromatic N) is 7. The number of fused-ring (bicyclic) bond motifs is 1. The number of amides is 2. The number of hydrogen-bond donors (Lipinski definition) is 2. The summed E-state index contributed by atoms with van der Waals surface area (Å²) in [6, 6.07) is 6.62. The number of aromatic nitrogens is 6. The summed E-state index contributed by atoms with van der Waals surface area (Å²) in [5.41, 5.74) is -0.441. The van der Waals surface area contributed by atoms with Crippen molar-refractivity contribution in [1.82, 2.24) is 34.4 Å². The first-order valence-corrected chi connectivity index (χ1v) is 12.5. The van der Waals surface area contributed by atoms with E-state index < -0.39 is 11.7 Å². The van der Waals surface area contributed by atoms with E-state index in [4.69, 9.17) is 4.74 Å². The van der Waals surface area contributed by atoms with Crippen LogP contribution in [0, 0.1) is 6.92 Å². The molecule has 0 atom stereocenters. The number of ether oxygens (including phenoxy) is 1. The van der Waals surface area contributed by atoms with E-state index in [2.05, 4.69) is 30.7 Å². The van der Waals surface area contributed by atoms with Gasteiger partial charge in [0.1, 0.15) is 40.1 Å². The Labute approximate surface area is 223 Å². The molecule has 0 bridgehead atoms. The van der Waals surface area contributed by atoms with Gasteiger partial charge in [0.05, 0.1) is 6.20 Å². The predicted molar refractivity (Wildman–Crippen MR) is 144 cm³/mol. The molecule has 39 heavy (non-hydrogen) atoms.